The monoisotopic (exact) mass is 299 g/mol. The van der Waals surface area contributed by atoms with Gasteiger partial charge in [-0.2, -0.15) is 0 Å². The first-order valence-corrected chi connectivity index (χ1v) is 7.04. The molecule has 0 saturated heterocycles. The van der Waals surface area contributed by atoms with Crippen LogP contribution in [0.1, 0.15) is 9.67 Å². The lowest BCUT2D eigenvalue weighted by atomic mass is 10.0. The number of anilines is 1. The zero-order valence-electron chi connectivity index (χ0n) is 11.3. The van der Waals surface area contributed by atoms with E-state index in [1.807, 2.05) is 24.3 Å². The lowest BCUT2D eigenvalue weighted by Crippen LogP contribution is -2.10. The number of thiophene rings is 1. The number of nitrogen functional groups attached to an aromatic ring is 1. The van der Waals surface area contributed by atoms with Crippen LogP contribution in [0.3, 0.4) is 0 Å². The van der Waals surface area contributed by atoms with Crippen LogP contribution in [0.2, 0.25) is 0 Å². The highest BCUT2D eigenvalue weighted by Gasteiger charge is 2.18. The normalized spacial score (nSPS) is 10.7. The molecular weight excluding hydrogens is 286 g/mol. The fourth-order valence-electron chi connectivity index (χ4n) is 2.33. The van der Waals surface area contributed by atoms with Gasteiger partial charge in [-0.05, 0) is 6.07 Å². The summed E-state index contributed by atoms with van der Waals surface area (Å²) >= 11 is 1.25. The van der Waals surface area contributed by atoms with Crippen molar-refractivity contribution in [2.24, 2.45) is 5.73 Å². The van der Waals surface area contributed by atoms with E-state index in [4.69, 9.17) is 16.2 Å². The van der Waals surface area contributed by atoms with E-state index >= 15 is 0 Å². The first-order chi connectivity index (χ1) is 10.1. The zero-order valence-corrected chi connectivity index (χ0v) is 12.1. The molecule has 0 aliphatic carbocycles. The average molecular weight is 299 g/mol. The van der Waals surface area contributed by atoms with Crippen LogP contribution in [0.5, 0.6) is 5.75 Å². The van der Waals surface area contributed by atoms with Crippen molar-refractivity contribution in [3.63, 3.8) is 0 Å². The Morgan fingerprint density at radius 2 is 2.00 bits per heavy atom. The molecule has 0 unspecified atom stereocenters. The maximum absolute atomic E-state index is 11.5. The first-order valence-electron chi connectivity index (χ1n) is 6.22. The van der Waals surface area contributed by atoms with Gasteiger partial charge < -0.3 is 16.2 Å². The number of carbonyl (C=O) groups excluding carboxylic acids is 1. The average Bonchev–Trinajstić information content (AvgIpc) is 2.85. The number of nitrogens with two attached hydrogens (primary N) is 2. The number of aromatic nitrogens is 1. The zero-order chi connectivity index (χ0) is 15.0. The summed E-state index contributed by atoms with van der Waals surface area (Å²) in [7, 11) is 1.61. The minimum absolute atomic E-state index is 0.356. The molecule has 0 spiro atoms. The summed E-state index contributed by atoms with van der Waals surface area (Å²) in [6, 6.07) is 7.60. The third kappa shape index (κ3) is 2.09. The van der Waals surface area contributed by atoms with Crippen molar-refractivity contribution < 1.29 is 9.53 Å². The second-order valence-corrected chi connectivity index (χ2v) is 5.52. The Bertz CT molecular complexity index is 842. The maximum atomic E-state index is 11.5. The number of carbonyl (C=O) groups is 1. The Hall–Kier alpha value is -2.60. The molecule has 0 saturated carbocycles. The molecule has 6 heteroatoms. The largest absolute Gasteiger partial charge is 0.496 e. The van der Waals surface area contributed by atoms with Crippen LogP contribution in [0.15, 0.2) is 36.7 Å². The number of primary amides is 1. The predicted octanol–water partition coefficient (Wildman–Crippen LogP) is 2.65. The van der Waals surface area contributed by atoms with Gasteiger partial charge in [-0.15, -0.1) is 11.3 Å². The molecule has 0 aliphatic heterocycles. The van der Waals surface area contributed by atoms with Crippen LogP contribution in [0.4, 0.5) is 5.69 Å². The molecule has 0 bridgehead atoms. The number of fused-ring (bicyclic) bond motifs is 1. The SMILES string of the molecule is COc1ccccc1-c1cncc2sc(C(N)=O)c(N)c12. The van der Waals surface area contributed by atoms with Crippen LogP contribution >= 0.6 is 11.3 Å². The van der Waals surface area contributed by atoms with Gasteiger partial charge in [-0.25, -0.2) is 0 Å². The summed E-state index contributed by atoms with van der Waals surface area (Å²) in [6.07, 6.45) is 3.40. The van der Waals surface area contributed by atoms with Crippen LogP contribution in [0.25, 0.3) is 21.2 Å². The summed E-state index contributed by atoms with van der Waals surface area (Å²) in [4.78, 5) is 16.1. The van der Waals surface area contributed by atoms with Crippen molar-refractivity contribution in [1.82, 2.24) is 4.98 Å². The minimum atomic E-state index is -0.528. The van der Waals surface area contributed by atoms with Gasteiger partial charge in [-0.3, -0.25) is 9.78 Å². The van der Waals surface area contributed by atoms with E-state index in [-0.39, 0.29) is 0 Å². The van der Waals surface area contributed by atoms with Crippen LogP contribution in [0, 0.1) is 0 Å². The fraction of sp³-hybridized carbons (Fsp3) is 0.0667. The number of nitrogens with zero attached hydrogens (tertiary/aromatic N) is 1. The number of hydrogen-bond donors (Lipinski definition) is 2. The van der Waals surface area contributed by atoms with Gasteiger partial charge in [0, 0.05) is 28.9 Å². The smallest absolute Gasteiger partial charge is 0.260 e. The molecule has 3 rings (SSSR count). The first kappa shape index (κ1) is 13.4. The van der Waals surface area contributed by atoms with Gasteiger partial charge in [0.15, 0.2) is 0 Å². The topological polar surface area (TPSA) is 91.2 Å². The summed E-state index contributed by atoms with van der Waals surface area (Å²) < 4.78 is 6.21. The van der Waals surface area contributed by atoms with E-state index < -0.39 is 5.91 Å². The number of hydrogen-bond acceptors (Lipinski definition) is 5. The number of pyridine rings is 1. The van der Waals surface area contributed by atoms with E-state index in [9.17, 15) is 4.79 Å². The number of methoxy groups -OCH3 is 1. The predicted molar refractivity (Wildman–Crippen MR) is 84.5 cm³/mol. The molecule has 0 fully saturated rings. The van der Waals surface area contributed by atoms with E-state index in [2.05, 4.69) is 4.98 Å². The number of para-hydroxylation sites is 1. The Morgan fingerprint density at radius 3 is 2.71 bits per heavy atom. The van der Waals surface area contributed by atoms with E-state index in [0.717, 1.165) is 27.0 Å². The molecule has 3 aromatic rings. The molecule has 5 nitrogen and oxygen atoms in total. The van der Waals surface area contributed by atoms with E-state index in [0.29, 0.717) is 10.6 Å². The summed E-state index contributed by atoms with van der Waals surface area (Å²) in [6.45, 7) is 0. The van der Waals surface area contributed by atoms with Gasteiger partial charge in [0.1, 0.15) is 10.6 Å². The molecule has 21 heavy (non-hydrogen) atoms. The van der Waals surface area contributed by atoms with Crippen molar-refractivity contribution in [3.8, 4) is 16.9 Å². The van der Waals surface area contributed by atoms with E-state index in [1.165, 1.54) is 11.3 Å². The number of benzene rings is 1. The molecule has 0 atom stereocenters. The lowest BCUT2D eigenvalue weighted by Gasteiger charge is -2.09. The quantitative estimate of drug-likeness (QED) is 0.777. The maximum Gasteiger partial charge on any atom is 0.260 e. The van der Waals surface area contributed by atoms with Gasteiger partial charge in [0.25, 0.3) is 5.91 Å². The lowest BCUT2D eigenvalue weighted by molar-refractivity contribution is 0.100. The van der Waals surface area contributed by atoms with E-state index in [1.54, 1.807) is 19.5 Å². The number of ether oxygens (including phenoxy) is 1. The third-order valence-corrected chi connectivity index (χ3v) is 4.41. The van der Waals surface area contributed by atoms with Gasteiger partial charge in [0.2, 0.25) is 0 Å². The molecule has 0 radical (unpaired) electrons. The standard InChI is InChI=1S/C15H13N3O2S/c1-20-10-5-3-2-4-8(10)9-6-18-7-11-12(9)13(16)14(21-11)15(17)19/h2-7H,16H2,1H3,(H2,17,19). The van der Waals surface area contributed by atoms with Crippen molar-refractivity contribution in [3.05, 3.63) is 41.5 Å². The minimum Gasteiger partial charge on any atom is -0.496 e. The molecule has 2 aromatic heterocycles. The second-order valence-electron chi connectivity index (χ2n) is 4.47. The Morgan fingerprint density at radius 1 is 1.24 bits per heavy atom. The van der Waals surface area contributed by atoms with Crippen LogP contribution in [-0.2, 0) is 0 Å². The van der Waals surface area contributed by atoms with Crippen molar-refractivity contribution in [2.75, 3.05) is 12.8 Å². The number of amides is 1. The molecule has 1 amide bonds. The molecule has 2 heterocycles. The molecule has 106 valence electrons. The van der Waals surface area contributed by atoms with Crippen LogP contribution in [-0.4, -0.2) is 18.0 Å². The van der Waals surface area contributed by atoms with Crippen molar-refractivity contribution >= 4 is 33.0 Å². The highest BCUT2D eigenvalue weighted by Crippen LogP contribution is 2.41. The van der Waals surface area contributed by atoms with Crippen molar-refractivity contribution in [1.29, 1.82) is 0 Å². The summed E-state index contributed by atoms with van der Waals surface area (Å²) in [5.41, 5.74) is 13.6. The van der Waals surface area contributed by atoms with Crippen molar-refractivity contribution in [2.45, 2.75) is 0 Å². The third-order valence-electron chi connectivity index (χ3n) is 3.26. The Balaban J connectivity index is 2.36. The Labute approximate surface area is 125 Å². The molecule has 1 aromatic carbocycles. The second kappa shape index (κ2) is 5.06. The fourth-order valence-corrected chi connectivity index (χ4v) is 3.30. The van der Waals surface area contributed by atoms with Gasteiger partial charge >= 0.3 is 0 Å². The van der Waals surface area contributed by atoms with Gasteiger partial charge in [-0.1, -0.05) is 18.2 Å². The highest BCUT2D eigenvalue weighted by molar-refractivity contribution is 7.21. The molecule has 4 N–H and O–H groups in total. The van der Waals surface area contributed by atoms with Crippen LogP contribution < -0.4 is 16.2 Å². The van der Waals surface area contributed by atoms with Gasteiger partial charge in [0.05, 0.1) is 17.5 Å². The Kier molecular flexibility index (Phi) is 3.23. The molecular formula is C15H13N3O2S. The summed E-state index contributed by atoms with van der Waals surface area (Å²) in [5, 5.41) is 0.785. The highest BCUT2D eigenvalue weighted by atomic mass is 32.1. The summed E-state index contributed by atoms with van der Waals surface area (Å²) in [5.74, 6) is 0.192. The number of rotatable bonds is 3. The molecule has 0 aliphatic rings.